The van der Waals surface area contributed by atoms with E-state index in [1.807, 2.05) is 30.3 Å². The second-order valence-electron chi connectivity index (χ2n) is 7.79. The number of alkyl carbamates (subject to hydrolysis) is 1. The SMILES string of the molecule is CC(F)(F)C1C=CCNS(C[C@](C)(NC(=O)OCc2ccccc2)c2ccccc2F)=N1. The summed E-state index contributed by atoms with van der Waals surface area (Å²) in [5.41, 5.74) is -0.230. The largest absolute Gasteiger partial charge is 0.445 e. The topological polar surface area (TPSA) is 62.7 Å². The lowest BCUT2D eigenvalue weighted by Crippen LogP contribution is -2.49. The first kappa shape index (κ1) is 24.0. The summed E-state index contributed by atoms with van der Waals surface area (Å²) in [5.74, 6) is -3.49. The van der Waals surface area contributed by atoms with Gasteiger partial charge in [-0.2, -0.15) is 0 Å². The number of nitrogens with one attached hydrogen (secondary N) is 2. The second-order valence-corrected chi connectivity index (χ2v) is 9.31. The lowest BCUT2D eigenvalue weighted by Gasteiger charge is -2.32. The van der Waals surface area contributed by atoms with Crippen molar-refractivity contribution in [2.75, 3.05) is 12.3 Å². The van der Waals surface area contributed by atoms with Crippen LogP contribution in [0.4, 0.5) is 18.0 Å². The maximum absolute atomic E-state index is 14.7. The minimum atomic E-state index is -3.04. The molecule has 3 atom stereocenters. The van der Waals surface area contributed by atoms with Crippen molar-refractivity contribution in [3.8, 4) is 0 Å². The Morgan fingerprint density at radius 3 is 2.56 bits per heavy atom. The number of rotatable bonds is 7. The van der Waals surface area contributed by atoms with E-state index < -0.39 is 40.3 Å². The molecule has 172 valence electrons. The van der Waals surface area contributed by atoms with Crippen LogP contribution in [0.3, 0.4) is 0 Å². The van der Waals surface area contributed by atoms with Gasteiger partial charge in [-0.25, -0.2) is 22.3 Å². The molecular weight excluding hydrogens is 439 g/mol. The van der Waals surface area contributed by atoms with Crippen LogP contribution in [0.2, 0.25) is 0 Å². The summed E-state index contributed by atoms with van der Waals surface area (Å²) < 4.78 is 55.2. The summed E-state index contributed by atoms with van der Waals surface area (Å²) in [7, 11) is -1.08. The van der Waals surface area contributed by atoms with E-state index in [1.54, 1.807) is 31.2 Å². The van der Waals surface area contributed by atoms with Gasteiger partial charge in [0, 0.05) is 24.8 Å². The molecule has 0 radical (unpaired) electrons. The normalized spacial score (nSPS) is 20.5. The molecule has 1 heterocycles. The molecule has 2 N–H and O–H groups in total. The Morgan fingerprint density at radius 1 is 1.19 bits per heavy atom. The van der Waals surface area contributed by atoms with Crippen LogP contribution in [-0.2, 0) is 27.8 Å². The van der Waals surface area contributed by atoms with Crippen LogP contribution < -0.4 is 10.0 Å². The fourth-order valence-corrected chi connectivity index (χ4v) is 5.09. The molecule has 0 saturated heterocycles. The van der Waals surface area contributed by atoms with Crippen molar-refractivity contribution in [2.24, 2.45) is 4.36 Å². The molecule has 32 heavy (non-hydrogen) atoms. The molecule has 1 aliphatic heterocycles. The van der Waals surface area contributed by atoms with Gasteiger partial charge < -0.3 is 10.1 Å². The van der Waals surface area contributed by atoms with Gasteiger partial charge in [0.1, 0.15) is 18.5 Å². The molecule has 2 unspecified atom stereocenters. The van der Waals surface area contributed by atoms with Crippen LogP contribution in [-0.4, -0.2) is 30.4 Å². The van der Waals surface area contributed by atoms with E-state index in [0.717, 1.165) is 12.5 Å². The number of halogens is 3. The van der Waals surface area contributed by atoms with Crippen molar-refractivity contribution in [3.05, 3.63) is 83.7 Å². The lowest BCUT2D eigenvalue weighted by atomic mass is 9.94. The number of ether oxygens (including phenoxy) is 1. The third-order valence-corrected chi connectivity index (χ3v) is 6.76. The summed E-state index contributed by atoms with van der Waals surface area (Å²) in [4.78, 5) is 12.6. The zero-order valence-corrected chi connectivity index (χ0v) is 18.7. The molecule has 1 aliphatic rings. The number of nitrogens with zero attached hydrogens (tertiary/aromatic N) is 1. The molecular formula is C23H26F3N3O2S. The molecule has 3 rings (SSSR count). The summed E-state index contributed by atoms with van der Waals surface area (Å²) in [5, 5.41) is 2.74. The molecule has 2 aromatic rings. The van der Waals surface area contributed by atoms with E-state index in [-0.39, 0.29) is 17.9 Å². The van der Waals surface area contributed by atoms with Crippen LogP contribution in [0.5, 0.6) is 0 Å². The molecule has 0 bridgehead atoms. The predicted molar refractivity (Wildman–Crippen MR) is 120 cm³/mol. The van der Waals surface area contributed by atoms with Gasteiger partial charge >= 0.3 is 6.09 Å². The van der Waals surface area contributed by atoms with Gasteiger partial charge in [0.2, 0.25) is 0 Å². The van der Waals surface area contributed by atoms with Gasteiger partial charge in [0.05, 0.1) is 5.54 Å². The Balaban J connectivity index is 1.84. The van der Waals surface area contributed by atoms with E-state index in [1.165, 1.54) is 12.1 Å². The highest BCUT2D eigenvalue weighted by atomic mass is 32.2. The van der Waals surface area contributed by atoms with Crippen LogP contribution in [0, 0.1) is 5.82 Å². The second kappa shape index (κ2) is 10.3. The van der Waals surface area contributed by atoms with Crippen LogP contribution in [0.15, 0.2) is 71.1 Å². The molecule has 2 aromatic carbocycles. The van der Waals surface area contributed by atoms with Gasteiger partial charge in [-0.1, -0.05) is 60.7 Å². The Kier molecular flexibility index (Phi) is 7.73. The first-order chi connectivity index (χ1) is 15.2. The lowest BCUT2D eigenvalue weighted by molar-refractivity contribution is 0.0106. The van der Waals surface area contributed by atoms with Crippen molar-refractivity contribution >= 4 is 17.0 Å². The van der Waals surface area contributed by atoms with Gasteiger partial charge in [0.25, 0.3) is 5.92 Å². The molecule has 0 spiro atoms. The summed E-state index contributed by atoms with van der Waals surface area (Å²) in [6, 6.07) is 13.9. The summed E-state index contributed by atoms with van der Waals surface area (Å²) >= 11 is 0. The molecule has 5 nitrogen and oxygen atoms in total. The summed E-state index contributed by atoms with van der Waals surface area (Å²) in [6.45, 7) is 2.83. The van der Waals surface area contributed by atoms with E-state index in [2.05, 4.69) is 14.4 Å². The molecule has 0 fully saturated rings. The molecule has 1 amide bonds. The molecule has 0 aromatic heterocycles. The fourth-order valence-electron chi connectivity index (χ4n) is 3.25. The summed E-state index contributed by atoms with van der Waals surface area (Å²) in [6.07, 6.45) is 2.22. The van der Waals surface area contributed by atoms with Crippen molar-refractivity contribution in [1.82, 2.24) is 10.0 Å². The minimum Gasteiger partial charge on any atom is -0.445 e. The smallest absolute Gasteiger partial charge is 0.408 e. The monoisotopic (exact) mass is 465 g/mol. The first-order valence-corrected chi connectivity index (χ1v) is 11.5. The van der Waals surface area contributed by atoms with Crippen molar-refractivity contribution in [2.45, 2.75) is 38.0 Å². The maximum Gasteiger partial charge on any atom is 0.408 e. The maximum atomic E-state index is 14.7. The van der Waals surface area contributed by atoms with Crippen LogP contribution >= 0.6 is 0 Å². The van der Waals surface area contributed by atoms with Crippen molar-refractivity contribution < 1.29 is 22.7 Å². The number of hydrogen-bond acceptors (Lipinski definition) is 4. The zero-order valence-electron chi connectivity index (χ0n) is 17.9. The third kappa shape index (κ3) is 6.43. The Labute approximate surface area is 188 Å². The minimum absolute atomic E-state index is 0.0441. The molecule has 0 saturated carbocycles. The Morgan fingerprint density at radius 2 is 1.88 bits per heavy atom. The number of amides is 1. The van der Waals surface area contributed by atoms with Gasteiger partial charge in [-0.3, -0.25) is 4.72 Å². The standard InChI is InChI=1S/C23H26F3N3O2S/c1-22(18-11-6-7-12-19(18)24,28-21(30)31-15-17-9-4-3-5-10-17)16-32-27-14-8-13-20(29-32)23(2,25)26/h3-13,20H,14-16H2,1-2H3,(H,27,29)(H,28,30)/t20?,22-,32?/m0/s1. The van der Waals surface area contributed by atoms with E-state index in [9.17, 15) is 18.0 Å². The third-order valence-electron chi connectivity index (χ3n) is 4.93. The average Bonchev–Trinajstić information content (AvgIpc) is 2.99. The Hall–Kier alpha value is -2.65. The quantitative estimate of drug-likeness (QED) is 0.574. The molecule has 0 aliphatic carbocycles. The number of hydrogen-bond donors (Lipinski definition) is 2. The highest BCUT2D eigenvalue weighted by Crippen LogP contribution is 2.28. The van der Waals surface area contributed by atoms with Gasteiger partial charge in [-0.15, -0.1) is 0 Å². The Bertz CT molecular complexity index is 995. The highest BCUT2D eigenvalue weighted by molar-refractivity contribution is 7.85. The number of carbonyl (C=O) groups excluding carboxylic acids is 1. The van der Waals surface area contributed by atoms with E-state index >= 15 is 0 Å². The first-order valence-electron chi connectivity index (χ1n) is 10.1. The van der Waals surface area contributed by atoms with Crippen LogP contribution in [0.25, 0.3) is 0 Å². The van der Waals surface area contributed by atoms with E-state index in [0.29, 0.717) is 6.54 Å². The van der Waals surface area contributed by atoms with Crippen LogP contribution in [0.1, 0.15) is 25.0 Å². The van der Waals surface area contributed by atoms with Gasteiger partial charge in [0.15, 0.2) is 0 Å². The zero-order chi connectivity index (χ0) is 23.2. The van der Waals surface area contributed by atoms with E-state index in [4.69, 9.17) is 4.74 Å². The van der Waals surface area contributed by atoms with Gasteiger partial charge in [-0.05, 0) is 29.4 Å². The highest BCUT2D eigenvalue weighted by Gasteiger charge is 2.36. The number of alkyl halides is 2. The van der Waals surface area contributed by atoms with Crippen molar-refractivity contribution in [1.29, 1.82) is 0 Å². The fraction of sp³-hybridized carbons (Fsp3) is 0.348. The molecule has 9 heteroatoms. The average molecular weight is 466 g/mol. The van der Waals surface area contributed by atoms with Crippen molar-refractivity contribution in [3.63, 3.8) is 0 Å². The predicted octanol–water partition coefficient (Wildman–Crippen LogP) is 4.87. The number of benzene rings is 2. The number of carbonyl (C=O) groups is 1.